The lowest BCUT2D eigenvalue weighted by Crippen LogP contribution is -2.52. The summed E-state index contributed by atoms with van der Waals surface area (Å²) in [7, 11) is 0. The fourth-order valence-electron chi connectivity index (χ4n) is 5.26. The molecule has 2 aromatic carbocycles. The van der Waals surface area contributed by atoms with E-state index < -0.39 is 11.2 Å². The lowest BCUT2D eigenvalue weighted by Gasteiger charge is -2.40. The average molecular weight is 473 g/mol. The van der Waals surface area contributed by atoms with Crippen LogP contribution >= 0.6 is 11.6 Å². The van der Waals surface area contributed by atoms with E-state index in [1.54, 1.807) is 46.5 Å². The predicted molar refractivity (Wildman–Crippen MR) is 125 cm³/mol. The van der Waals surface area contributed by atoms with Crippen molar-refractivity contribution in [3.05, 3.63) is 112 Å². The molecule has 1 saturated heterocycles. The van der Waals surface area contributed by atoms with E-state index in [1.807, 2.05) is 49.4 Å². The standard InChI is InChI=1S/C26H21ClN4O3/c1-25(17-5-3-2-4-6-17)15-22(34-29-25)24(33)31-14-13-30-23(32)20-11-12-28-16-21(20)26(30,31)18-7-9-19(27)10-8-18/h2-12,15-16,29H,13-14H2,1H3. The minimum absolute atomic E-state index is 0.129. The number of carbonyl (C=O) groups excluding carboxylic acids is 2. The quantitative estimate of drug-likeness (QED) is 0.630. The van der Waals surface area contributed by atoms with Crippen molar-refractivity contribution in [2.24, 2.45) is 0 Å². The lowest BCUT2D eigenvalue weighted by molar-refractivity contribution is -0.137. The van der Waals surface area contributed by atoms with Crippen LogP contribution < -0.4 is 5.48 Å². The molecule has 0 aliphatic carbocycles. The summed E-state index contributed by atoms with van der Waals surface area (Å²) in [6.07, 6.45) is 5.06. The molecule has 6 rings (SSSR count). The minimum Gasteiger partial charge on any atom is -0.402 e. The zero-order valence-corrected chi connectivity index (χ0v) is 19.1. The van der Waals surface area contributed by atoms with E-state index in [-0.39, 0.29) is 17.6 Å². The summed E-state index contributed by atoms with van der Waals surface area (Å²) in [6, 6.07) is 18.7. The van der Waals surface area contributed by atoms with E-state index in [0.29, 0.717) is 29.2 Å². The second kappa shape index (κ2) is 7.41. The van der Waals surface area contributed by atoms with Crippen LogP contribution in [0.15, 0.2) is 84.9 Å². The molecule has 170 valence electrons. The molecule has 4 heterocycles. The van der Waals surface area contributed by atoms with Crippen molar-refractivity contribution in [3.63, 3.8) is 0 Å². The molecule has 2 atom stereocenters. The van der Waals surface area contributed by atoms with Gasteiger partial charge in [0, 0.05) is 41.6 Å². The Kier molecular flexibility index (Phi) is 4.56. The molecule has 2 amide bonds. The van der Waals surface area contributed by atoms with Crippen LogP contribution in [-0.2, 0) is 20.8 Å². The summed E-state index contributed by atoms with van der Waals surface area (Å²) in [5, 5.41) is 0.572. The molecular formula is C26H21ClN4O3. The van der Waals surface area contributed by atoms with Gasteiger partial charge in [0.25, 0.3) is 11.8 Å². The molecule has 34 heavy (non-hydrogen) atoms. The first-order valence-corrected chi connectivity index (χ1v) is 11.4. The number of hydrogen-bond donors (Lipinski definition) is 1. The van der Waals surface area contributed by atoms with Gasteiger partial charge in [-0.3, -0.25) is 14.6 Å². The topological polar surface area (TPSA) is 74.8 Å². The summed E-state index contributed by atoms with van der Waals surface area (Å²) in [6.45, 7) is 2.69. The van der Waals surface area contributed by atoms with E-state index in [0.717, 1.165) is 11.1 Å². The number of benzene rings is 2. The van der Waals surface area contributed by atoms with Gasteiger partial charge in [-0.15, -0.1) is 5.48 Å². The molecule has 3 aliphatic heterocycles. The highest BCUT2D eigenvalue weighted by atomic mass is 35.5. The highest BCUT2D eigenvalue weighted by Crippen LogP contribution is 2.50. The van der Waals surface area contributed by atoms with Gasteiger partial charge in [0.05, 0.1) is 11.1 Å². The molecule has 0 spiro atoms. The lowest BCUT2D eigenvalue weighted by atomic mass is 9.90. The zero-order chi connectivity index (χ0) is 23.5. The Morgan fingerprint density at radius 2 is 1.82 bits per heavy atom. The Labute approximate surface area is 201 Å². The van der Waals surface area contributed by atoms with Crippen molar-refractivity contribution in [1.82, 2.24) is 20.3 Å². The monoisotopic (exact) mass is 472 g/mol. The maximum atomic E-state index is 14.0. The molecule has 1 aromatic heterocycles. The molecular weight excluding hydrogens is 452 g/mol. The molecule has 1 fully saturated rings. The highest BCUT2D eigenvalue weighted by Gasteiger charge is 2.60. The minimum atomic E-state index is -1.13. The van der Waals surface area contributed by atoms with Gasteiger partial charge in [-0.2, -0.15) is 0 Å². The highest BCUT2D eigenvalue weighted by molar-refractivity contribution is 6.30. The molecule has 7 nitrogen and oxygen atoms in total. The Morgan fingerprint density at radius 3 is 2.59 bits per heavy atom. The van der Waals surface area contributed by atoms with E-state index in [9.17, 15) is 9.59 Å². The van der Waals surface area contributed by atoms with Crippen molar-refractivity contribution in [3.8, 4) is 0 Å². The van der Waals surface area contributed by atoms with Gasteiger partial charge in [0.2, 0.25) is 5.76 Å². The number of carbonyl (C=O) groups is 2. The van der Waals surface area contributed by atoms with Crippen LogP contribution in [0.4, 0.5) is 0 Å². The van der Waals surface area contributed by atoms with Gasteiger partial charge < -0.3 is 14.6 Å². The van der Waals surface area contributed by atoms with Crippen LogP contribution in [0.1, 0.15) is 34.0 Å². The van der Waals surface area contributed by atoms with Crippen LogP contribution in [0.5, 0.6) is 0 Å². The number of halogens is 1. The SMILES string of the molecule is CC1(c2ccccc2)C=C(C(=O)N2CCN3C(=O)c4ccncc4C23c2ccc(Cl)cc2)ON1. The van der Waals surface area contributed by atoms with Crippen LogP contribution in [0, 0.1) is 0 Å². The molecule has 2 unspecified atom stereocenters. The summed E-state index contributed by atoms with van der Waals surface area (Å²) in [4.78, 5) is 40.8. The molecule has 3 aromatic rings. The summed E-state index contributed by atoms with van der Waals surface area (Å²) in [5.74, 6) is -0.253. The third-order valence-electron chi connectivity index (χ3n) is 6.87. The number of nitrogens with one attached hydrogen (secondary N) is 1. The fourth-order valence-corrected chi connectivity index (χ4v) is 5.38. The Bertz CT molecular complexity index is 1340. The third-order valence-corrected chi connectivity index (χ3v) is 7.12. The maximum Gasteiger partial charge on any atom is 0.293 e. The van der Waals surface area contributed by atoms with Gasteiger partial charge in [0.15, 0.2) is 5.66 Å². The van der Waals surface area contributed by atoms with Gasteiger partial charge in [0.1, 0.15) is 0 Å². The molecule has 0 saturated carbocycles. The second-order valence-electron chi connectivity index (χ2n) is 8.80. The second-order valence-corrected chi connectivity index (χ2v) is 9.23. The number of fused-ring (bicyclic) bond motifs is 3. The molecule has 0 radical (unpaired) electrons. The van der Waals surface area contributed by atoms with Gasteiger partial charge in [-0.25, -0.2) is 0 Å². The van der Waals surface area contributed by atoms with Crippen molar-refractivity contribution in [1.29, 1.82) is 0 Å². The first-order chi connectivity index (χ1) is 16.4. The van der Waals surface area contributed by atoms with Crippen molar-refractivity contribution in [2.45, 2.75) is 18.1 Å². The fraction of sp³-hybridized carbons (Fsp3) is 0.192. The van der Waals surface area contributed by atoms with Gasteiger partial charge in [-0.05, 0) is 36.8 Å². The Balaban J connectivity index is 1.48. The van der Waals surface area contributed by atoms with Crippen molar-refractivity contribution in [2.75, 3.05) is 13.1 Å². The first kappa shape index (κ1) is 20.9. The normalized spacial score (nSPS) is 25.1. The Morgan fingerprint density at radius 1 is 1.06 bits per heavy atom. The van der Waals surface area contributed by atoms with Crippen LogP contribution in [0.2, 0.25) is 5.02 Å². The predicted octanol–water partition coefficient (Wildman–Crippen LogP) is 3.57. The summed E-state index contributed by atoms with van der Waals surface area (Å²) < 4.78 is 0. The third kappa shape index (κ3) is 2.77. The molecule has 8 heteroatoms. The van der Waals surface area contributed by atoms with E-state index in [2.05, 4.69) is 10.5 Å². The Hall–Kier alpha value is -3.68. The number of pyridine rings is 1. The number of nitrogens with zero attached hydrogens (tertiary/aromatic N) is 3. The van der Waals surface area contributed by atoms with Gasteiger partial charge in [-0.1, -0.05) is 54.1 Å². The number of hydrogen-bond acceptors (Lipinski definition) is 5. The van der Waals surface area contributed by atoms with Crippen LogP contribution in [-0.4, -0.2) is 39.7 Å². The summed E-state index contributed by atoms with van der Waals surface area (Å²) >= 11 is 6.17. The molecule has 1 N–H and O–H groups in total. The molecule has 3 aliphatic rings. The molecule has 0 bridgehead atoms. The van der Waals surface area contributed by atoms with E-state index >= 15 is 0 Å². The van der Waals surface area contributed by atoms with Crippen LogP contribution in [0.3, 0.4) is 0 Å². The smallest absolute Gasteiger partial charge is 0.293 e. The number of amides is 2. The van der Waals surface area contributed by atoms with Crippen molar-refractivity contribution >= 4 is 23.4 Å². The van der Waals surface area contributed by atoms with Gasteiger partial charge >= 0.3 is 0 Å². The van der Waals surface area contributed by atoms with E-state index in [4.69, 9.17) is 16.4 Å². The summed E-state index contributed by atoms with van der Waals surface area (Å²) in [5.41, 5.74) is 4.16. The number of rotatable bonds is 3. The zero-order valence-electron chi connectivity index (χ0n) is 18.4. The first-order valence-electron chi connectivity index (χ1n) is 11.0. The average Bonchev–Trinajstić information content (AvgIpc) is 3.53. The van der Waals surface area contributed by atoms with Crippen molar-refractivity contribution < 1.29 is 14.4 Å². The van der Waals surface area contributed by atoms with E-state index in [1.165, 1.54) is 0 Å². The van der Waals surface area contributed by atoms with Crippen LogP contribution in [0.25, 0.3) is 0 Å². The number of hydroxylamine groups is 1. The largest absolute Gasteiger partial charge is 0.402 e. The number of aromatic nitrogens is 1. The maximum absolute atomic E-state index is 14.0.